The van der Waals surface area contributed by atoms with Crippen molar-refractivity contribution in [1.29, 1.82) is 0 Å². The van der Waals surface area contributed by atoms with E-state index in [9.17, 15) is 37.2 Å². The van der Waals surface area contributed by atoms with Crippen molar-refractivity contribution >= 4 is 51.9 Å². The Hall–Kier alpha value is -5.19. The standard InChI is InChI=1S/C39H50N6O10S/c1-6-26-18-39(26,35(49)42-56(52,53)28-14-15-28)41-33(47)31-17-27-20-45(31)34(48)30(22-43(5)32(46)7-2)40-36(50)54-23-38(3,4)16-9-8-11-24-12-10-13-25-19-44(21-29(24)25)37(51)55-27/h6-8,10-13,26-28,30-31H,1-2,9,14-23H2,3-5H3,(H,40,50)(H,41,47)(H,42,49)/t26-,27-,30+,31+,39-/m1/s1. The Labute approximate surface area is 326 Å². The molecule has 4 bridgehead atoms. The second kappa shape index (κ2) is 15.7. The first-order valence-electron chi connectivity index (χ1n) is 18.8. The van der Waals surface area contributed by atoms with Crippen molar-refractivity contribution in [1.82, 2.24) is 30.1 Å². The highest BCUT2D eigenvalue weighted by molar-refractivity contribution is 7.91. The Morgan fingerprint density at radius 2 is 1.88 bits per heavy atom. The molecule has 5 atom stereocenters. The van der Waals surface area contributed by atoms with E-state index in [0.717, 1.165) is 27.7 Å². The number of rotatable bonds is 9. The van der Waals surface area contributed by atoms with Crippen LogP contribution in [0.15, 0.2) is 49.6 Å². The summed E-state index contributed by atoms with van der Waals surface area (Å²) in [5, 5.41) is 4.58. The molecular weight excluding hydrogens is 745 g/mol. The first-order chi connectivity index (χ1) is 26.5. The van der Waals surface area contributed by atoms with E-state index in [2.05, 4.69) is 28.5 Å². The quantitative estimate of drug-likeness (QED) is 0.246. The lowest BCUT2D eigenvalue weighted by molar-refractivity contribution is -0.141. The number of carbonyl (C=O) groups excluding carboxylic acids is 6. The Morgan fingerprint density at radius 1 is 1.12 bits per heavy atom. The zero-order valence-electron chi connectivity index (χ0n) is 32.0. The summed E-state index contributed by atoms with van der Waals surface area (Å²) in [5.74, 6) is -3.64. The minimum atomic E-state index is -3.96. The van der Waals surface area contributed by atoms with E-state index >= 15 is 0 Å². The van der Waals surface area contributed by atoms with E-state index < -0.39 is 86.1 Å². The predicted octanol–water partition coefficient (Wildman–Crippen LogP) is 2.35. The number of benzene rings is 1. The zero-order chi connectivity index (χ0) is 40.6. The number of hydrogen-bond donors (Lipinski definition) is 3. The van der Waals surface area contributed by atoms with Crippen molar-refractivity contribution in [2.45, 2.75) is 94.4 Å². The number of sulfonamides is 1. The van der Waals surface area contributed by atoms with Crippen LogP contribution in [0.2, 0.25) is 0 Å². The maximum absolute atomic E-state index is 14.5. The van der Waals surface area contributed by atoms with Crippen LogP contribution in [0.5, 0.6) is 0 Å². The lowest BCUT2D eigenvalue weighted by Crippen LogP contribution is -2.59. The normalized spacial score (nSPS) is 27.6. The van der Waals surface area contributed by atoms with Gasteiger partial charge in [0.05, 0.1) is 31.5 Å². The molecule has 1 aromatic rings. The van der Waals surface area contributed by atoms with Crippen molar-refractivity contribution in [3.8, 4) is 0 Å². The van der Waals surface area contributed by atoms with Crippen molar-refractivity contribution in [3.05, 3.63) is 66.3 Å². The molecule has 16 nitrogen and oxygen atoms in total. The van der Waals surface area contributed by atoms with Gasteiger partial charge in [0.1, 0.15) is 23.7 Å². The number of likely N-dealkylation sites (N-methyl/N-ethyl adjacent to an activating group) is 1. The largest absolute Gasteiger partial charge is 0.449 e. The maximum atomic E-state index is 14.5. The monoisotopic (exact) mass is 794 g/mol. The number of alkyl carbamates (subject to hydrolysis) is 1. The van der Waals surface area contributed by atoms with Gasteiger partial charge < -0.3 is 29.9 Å². The molecule has 3 aliphatic heterocycles. The van der Waals surface area contributed by atoms with Gasteiger partial charge in [0.2, 0.25) is 27.7 Å². The van der Waals surface area contributed by atoms with E-state index in [-0.39, 0.29) is 39.1 Å². The first-order valence-corrected chi connectivity index (χ1v) is 20.4. The van der Waals surface area contributed by atoms with Crippen LogP contribution in [-0.4, -0.2) is 115 Å². The topological polar surface area (TPSA) is 201 Å². The maximum Gasteiger partial charge on any atom is 0.410 e. The molecule has 5 aliphatic rings. The first kappa shape index (κ1) is 40.5. The van der Waals surface area contributed by atoms with Gasteiger partial charge in [-0.15, -0.1) is 6.58 Å². The summed E-state index contributed by atoms with van der Waals surface area (Å²) in [7, 11) is -2.54. The second-order valence-electron chi connectivity index (χ2n) is 16.1. The van der Waals surface area contributed by atoms with Crippen LogP contribution in [0.1, 0.15) is 69.1 Å². The lowest BCUT2D eigenvalue weighted by atomic mass is 9.88. The molecule has 3 heterocycles. The third-order valence-corrected chi connectivity index (χ3v) is 12.9. The molecule has 0 spiro atoms. The van der Waals surface area contributed by atoms with Gasteiger partial charge in [-0.3, -0.25) is 28.8 Å². The average Bonchev–Trinajstić information content (AvgIpc) is 4.05. The molecule has 6 amide bonds. The Bertz CT molecular complexity index is 1960. The van der Waals surface area contributed by atoms with Gasteiger partial charge in [0.15, 0.2) is 0 Å². The molecule has 56 heavy (non-hydrogen) atoms. The van der Waals surface area contributed by atoms with Crippen molar-refractivity contribution in [3.63, 3.8) is 0 Å². The van der Waals surface area contributed by atoms with Crippen molar-refractivity contribution < 1.29 is 46.7 Å². The number of hydrogen-bond acceptors (Lipinski definition) is 10. The van der Waals surface area contributed by atoms with Crippen LogP contribution in [0.4, 0.5) is 9.59 Å². The van der Waals surface area contributed by atoms with E-state index in [1.54, 1.807) is 0 Å². The van der Waals surface area contributed by atoms with Crippen LogP contribution in [0.25, 0.3) is 6.08 Å². The van der Waals surface area contributed by atoms with E-state index in [1.807, 2.05) is 44.2 Å². The van der Waals surface area contributed by atoms with Crippen LogP contribution in [-0.2, 0) is 51.8 Å². The predicted molar refractivity (Wildman–Crippen MR) is 203 cm³/mol. The molecule has 3 fully saturated rings. The van der Waals surface area contributed by atoms with Gasteiger partial charge in [0.25, 0.3) is 5.91 Å². The van der Waals surface area contributed by atoms with Gasteiger partial charge >= 0.3 is 12.2 Å². The van der Waals surface area contributed by atoms with Gasteiger partial charge in [-0.25, -0.2) is 18.0 Å². The van der Waals surface area contributed by atoms with Crippen LogP contribution < -0.4 is 15.4 Å². The Kier molecular flexibility index (Phi) is 11.4. The highest BCUT2D eigenvalue weighted by Crippen LogP contribution is 2.45. The third-order valence-electron chi connectivity index (χ3n) is 11.1. The van der Waals surface area contributed by atoms with Gasteiger partial charge in [0, 0.05) is 25.9 Å². The lowest BCUT2D eigenvalue weighted by Gasteiger charge is -2.31. The van der Waals surface area contributed by atoms with E-state index in [4.69, 9.17) is 9.47 Å². The molecular formula is C39H50N6O10S. The van der Waals surface area contributed by atoms with Crippen molar-refractivity contribution in [2.24, 2.45) is 11.3 Å². The zero-order valence-corrected chi connectivity index (χ0v) is 32.8. The molecule has 2 saturated carbocycles. The third kappa shape index (κ3) is 8.77. The second-order valence-corrected chi connectivity index (χ2v) is 18.0. The highest BCUT2D eigenvalue weighted by Gasteiger charge is 2.62. The van der Waals surface area contributed by atoms with Gasteiger partial charge in [-0.2, -0.15) is 0 Å². The van der Waals surface area contributed by atoms with Gasteiger partial charge in [-0.1, -0.05) is 56.9 Å². The van der Waals surface area contributed by atoms with Crippen molar-refractivity contribution in [2.75, 3.05) is 26.7 Å². The number of carbonyl (C=O) groups is 6. The minimum Gasteiger partial charge on any atom is -0.449 e. The smallest absolute Gasteiger partial charge is 0.410 e. The Balaban J connectivity index is 1.30. The number of fused-ring (bicyclic) bond motifs is 3. The summed E-state index contributed by atoms with van der Waals surface area (Å²) in [6.45, 7) is 11.1. The molecule has 0 aromatic heterocycles. The molecule has 1 aromatic carbocycles. The number of amides is 6. The van der Waals surface area contributed by atoms with E-state index in [1.165, 1.54) is 22.9 Å². The SMILES string of the molecule is C=CC(=O)N(C)C[C@@H]1NC(=O)OCC(C)(C)CCC=Cc2cccc3c2CN(C3)C(=O)O[C@@H]2C[C@@H](C(=O)N[C@]3(C(=O)NS(=O)(=O)C4CC4)C[C@H]3C=C)N(C2)C1=O. The summed E-state index contributed by atoms with van der Waals surface area (Å²) in [5.41, 5.74) is 0.801. The Morgan fingerprint density at radius 3 is 2.55 bits per heavy atom. The minimum absolute atomic E-state index is 0.0164. The summed E-state index contributed by atoms with van der Waals surface area (Å²) in [6, 6.07) is 3.08. The summed E-state index contributed by atoms with van der Waals surface area (Å²) in [4.78, 5) is 85.6. The number of cyclic esters (lactones) is 1. The average molecular weight is 795 g/mol. The molecule has 17 heteroatoms. The fourth-order valence-corrected chi connectivity index (χ4v) is 8.81. The molecule has 6 rings (SSSR count). The van der Waals surface area contributed by atoms with Gasteiger partial charge in [-0.05, 0) is 60.3 Å². The molecule has 0 unspecified atom stereocenters. The van der Waals surface area contributed by atoms with Crippen LogP contribution >= 0.6 is 0 Å². The molecule has 3 N–H and O–H groups in total. The fraction of sp³-hybridized carbons (Fsp3) is 0.538. The number of nitrogens with one attached hydrogen (secondary N) is 3. The highest BCUT2D eigenvalue weighted by atomic mass is 32.2. The summed E-state index contributed by atoms with van der Waals surface area (Å²) in [6.07, 6.45) is 6.03. The molecule has 1 saturated heterocycles. The number of allylic oxidation sites excluding steroid dienone is 1. The number of nitrogens with zero attached hydrogens (tertiary/aromatic N) is 3. The fourth-order valence-electron chi connectivity index (χ4n) is 7.45. The number of ether oxygens (including phenoxy) is 2. The van der Waals surface area contributed by atoms with Crippen LogP contribution in [0.3, 0.4) is 0 Å². The summed E-state index contributed by atoms with van der Waals surface area (Å²) < 4.78 is 39.0. The summed E-state index contributed by atoms with van der Waals surface area (Å²) >= 11 is 0. The van der Waals surface area contributed by atoms with Crippen LogP contribution in [0, 0.1) is 11.3 Å². The van der Waals surface area contributed by atoms with E-state index in [0.29, 0.717) is 32.2 Å². The molecule has 2 aliphatic carbocycles. The molecule has 0 radical (unpaired) electrons. The molecule has 302 valence electrons.